The normalized spacial score (nSPS) is 10.3. The molecular weight excluding hydrogens is 254 g/mol. The molecule has 0 spiro atoms. The van der Waals surface area contributed by atoms with E-state index in [0.717, 1.165) is 24.4 Å². The van der Waals surface area contributed by atoms with Crippen LogP contribution in [-0.4, -0.2) is 25.4 Å². The van der Waals surface area contributed by atoms with Gasteiger partial charge >= 0.3 is 5.97 Å². The Morgan fingerprint density at radius 2 is 2.39 bits per heavy atom. The van der Waals surface area contributed by atoms with E-state index in [1.54, 1.807) is 0 Å². The van der Waals surface area contributed by atoms with Crippen LogP contribution < -0.4 is 4.74 Å². The van der Waals surface area contributed by atoms with Crippen molar-refractivity contribution in [2.45, 2.75) is 19.8 Å². The van der Waals surface area contributed by atoms with E-state index in [-0.39, 0.29) is 11.3 Å². The summed E-state index contributed by atoms with van der Waals surface area (Å²) in [6.45, 7) is 2.03. The van der Waals surface area contributed by atoms with Crippen molar-refractivity contribution in [2.75, 3.05) is 0 Å². The molecule has 0 aromatic carbocycles. The summed E-state index contributed by atoms with van der Waals surface area (Å²) in [5.41, 5.74) is 0.0530. The van der Waals surface area contributed by atoms with Crippen LogP contribution in [0.1, 0.15) is 29.5 Å². The first-order valence-electron chi connectivity index (χ1n) is 5.38. The number of hydrogen-bond donors (Lipinski definition) is 1. The Morgan fingerprint density at radius 3 is 3.11 bits per heavy atom. The van der Waals surface area contributed by atoms with E-state index < -0.39 is 5.97 Å². The lowest BCUT2D eigenvalue weighted by Crippen LogP contribution is -2.00. The molecule has 6 nitrogen and oxygen atoms in total. The van der Waals surface area contributed by atoms with E-state index in [1.165, 1.54) is 18.5 Å². The van der Waals surface area contributed by atoms with Crippen molar-refractivity contribution in [3.05, 3.63) is 29.8 Å². The fourth-order valence-electron chi connectivity index (χ4n) is 1.34. The predicted octanol–water partition coefficient (Wildman–Crippen LogP) is 2.38. The quantitative estimate of drug-likeness (QED) is 0.893. The molecule has 0 fully saturated rings. The zero-order valence-corrected chi connectivity index (χ0v) is 10.5. The van der Waals surface area contributed by atoms with Crippen molar-refractivity contribution in [3.63, 3.8) is 0 Å². The molecule has 7 heteroatoms. The van der Waals surface area contributed by atoms with Gasteiger partial charge in [0, 0.05) is 24.2 Å². The van der Waals surface area contributed by atoms with Crippen LogP contribution in [0, 0.1) is 0 Å². The molecule has 0 amide bonds. The molecule has 2 aromatic rings. The van der Waals surface area contributed by atoms with E-state index in [2.05, 4.69) is 14.3 Å². The lowest BCUT2D eigenvalue weighted by atomic mass is 10.2. The number of carbonyl (C=O) groups is 1. The highest BCUT2D eigenvalue weighted by Crippen LogP contribution is 2.25. The fourth-order valence-corrected chi connectivity index (χ4v) is 1.93. The number of aromatic carboxylic acids is 1. The van der Waals surface area contributed by atoms with Crippen LogP contribution in [0.4, 0.5) is 0 Å². The lowest BCUT2D eigenvalue weighted by Gasteiger charge is -2.03. The second-order valence-corrected chi connectivity index (χ2v) is 4.22. The fraction of sp³-hybridized carbons (Fsp3) is 0.273. The highest BCUT2D eigenvalue weighted by Gasteiger charge is 2.13. The molecule has 0 radical (unpaired) electrons. The van der Waals surface area contributed by atoms with E-state index in [4.69, 9.17) is 9.84 Å². The minimum atomic E-state index is -1.06. The van der Waals surface area contributed by atoms with E-state index in [1.807, 2.05) is 6.92 Å². The Bertz CT molecular complexity index is 556. The molecule has 1 N–H and O–H groups in total. The Hall–Kier alpha value is -2.02. The minimum absolute atomic E-state index is 0.0530. The summed E-state index contributed by atoms with van der Waals surface area (Å²) in [5, 5.41) is 9.32. The predicted molar refractivity (Wildman–Crippen MR) is 65.2 cm³/mol. The van der Waals surface area contributed by atoms with Crippen molar-refractivity contribution in [1.82, 2.24) is 14.3 Å². The first-order chi connectivity index (χ1) is 8.70. The van der Waals surface area contributed by atoms with Crippen LogP contribution >= 0.6 is 11.5 Å². The summed E-state index contributed by atoms with van der Waals surface area (Å²) in [5.74, 6) is -0.187. The highest BCUT2D eigenvalue weighted by molar-refractivity contribution is 7.07. The van der Waals surface area contributed by atoms with Crippen molar-refractivity contribution in [1.29, 1.82) is 0 Å². The number of pyridine rings is 1. The molecule has 94 valence electrons. The zero-order chi connectivity index (χ0) is 13.0. The Kier molecular flexibility index (Phi) is 3.83. The second kappa shape index (κ2) is 5.54. The molecule has 0 aliphatic rings. The summed E-state index contributed by atoms with van der Waals surface area (Å²) < 4.78 is 9.51. The van der Waals surface area contributed by atoms with E-state index in [0.29, 0.717) is 11.0 Å². The number of carboxylic acid groups (broad SMARTS) is 1. The number of aromatic nitrogens is 3. The average molecular weight is 265 g/mol. The van der Waals surface area contributed by atoms with Gasteiger partial charge in [-0.2, -0.15) is 9.36 Å². The van der Waals surface area contributed by atoms with Gasteiger partial charge in [-0.05, 0) is 12.5 Å². The van der Waals surface area contributed by atoms with Crippen LogP contribution in [0.25, 0.3) is 0 Å². The van der Waals surface area contributed by atoms with Crippen molar-refractivity contribution in [3.8, 4) is 10.9 Å². The van der Waals surface area contributed by atoms with Gasteiger partial charge < -0.3 is 9.84 Å². The summed E-state index contributed by atoms with van der Waals surface area (Å²) >= 11 is 1.10. The molecule has 0 aliphatic heterocycles. The standard InChI is InChI=1S/C11H11N3O3S/c1-2-3-9-13-11(18-14-9)17-8-6-12-5-4-7(8)10(15)16/h4-6H,2-3H2,1H3,(H,15,16). The van der Waals surface area contributed by atoms with Gasteiger partial charge in [0.1, 0.15) is 11.4 Å². The van der Waals surface area contributed by atoms with Crippen LogP contribution in [0.5, 0.6) is 10.9 Å². The van der Waals surface area contributed by atoms with Crippen LogP contribution in [0.15, 0.2) is 18.5 Å². The largest absolute Gasteiger partial charge is 0.478 e. The molecule has 0 atom stereocenters. The maximum atomic E-state index is 11.0. The molecule has 0 aliphatic carbocycles. The first-order valence-corrected chi connectivity index (χ1v) is 6.15. The number of ether oxygens (including phenoxy) is 1. The summed E-state index contributed by atoms with van der Waals surface area (Å²) in [6, 6.07) is 1.38. The Morgan fingerprint density at radius 1 is 1.56 bits per heavy atom. The monoisotopic (exact) mass is 265 g/mol. The number of aryl methyl sites for hydroxylation is 1. The third-order valence-electron chi connectivity index (χ3n) is 2.14. The molecule has 2 heterocycles. The van der Waals surface area contributed by atoms with Crippen molar-refractivity contribution >= 4 is 17.5 Å². The third kappa shape index (κ3) is 2.80. The zero-order valence-electron chi connectivity index (χ0n) is 9.66. The van der Waals surface area contributed by atoms with Crippen molar-refractivity contribution < 1.29 is 14.6 Å². The van der Waals surface area contributed by atoms with Gasteiger partial charge in [-0.1, -0.05) is 6.92 Å². The number of nitrogens with zero attached hydrogens (tertiary/aromatic N) is 3. The van der Waals surface area contributed by atoms with E-state index >= 15 is 0 Å². The van der Waals surface area contributed by atoms with E-state index in [9.17, 15) is 4.79 Å². The third-order valence-corrected chi connectivity index (χ3v) is 2.77. The van der Waals surface area contributed by atoms with Crippen LogP contribution in [0.3, 0.4) is 0 Å². The average Bonchev–Trinajstić information content (AvgIpc) is 2.77. The highest BCUT2D eigenvalue weighted by atomic mass is 32.1. The topological polar surface area (TPSA) is 85.2 Å². The van der Waals surface area contributed by atoms with Crippen LogP contribution in [-0.2, 0) is 6.42 Å². The van der Waals surface area contributed by atoms with Gasteiger partial charge in [-0.25, -0.2) is 4.79 Å². The summed E-state index contributed by atoms with van der Waals surface area (Å²) in [4.78, 5) is 19.0. The first kappa shape index (κ1) is 12.4. The summed E-state index contributed by atoms with van der Waals surface area (Å²) in [6.07, 6.45) is 4.48. The number of hydrogen-bond acceptors (Lipinski definition) is 6. The Labute approximate surface area is 107 Å². The molecule has 0 saturated heterocycles. The maximum Gasteiger partial charge on any atom is 0.339 e. The summed E-state index contributed by atoms with van der Waals surface area (Å²) in [7, 11) is 0. The second-order valence-electron chi connectivity index (χ2n) is 3.51. The molecule has 2 aromatic heterocycles. The molecule has 0 unspecified atom stereocenters. The molecule has 18 heavy (non-hydrogen) atoms. The minimum Gasteiger partial charge on any atom is -0.478 e. The molecule has 0 bridgehead atoms. The lowest BCUT2D eigenvalue weighted by molar-refractivity contribution is 0.0694. The molecular formula is C11H11N3O3S. The SMILES string of the molecule is CCCc1nsc(Oc2cnccc2C(=O)O)n1. The molecule has 2 rings (SSSR count). The van der Waals surface area contributed by atoms with Gasteiger partial charge in [0.2, 0.25) is 0 Å². The smallest absolute Gasteiger partial charge is 0.339 e. The van der Waals surface area contributed by atoms with Crippen LogP contribution in [0.2, 0.25) is 0 Å². The van der Waals surface area contributed by atoms with Gasteiger partial charge in [0.25, 0.3) is 5.19 Å². The Balaban J connectivity index is 2.20. The number of carboxylic acids is 1. The molecule has 0 saturated carbocycles. The number of rotatable bonds is 5. The maximum absolute atomic E-state index is 11.0. The van der Waals surface area contributed by atoms with Gasteiger partial charge in [-0.3, -0.25) is 4.98 Å². The van der Waals surface area contributed by atoms with Gasteiger partial charge in [0.15, 0.2) is 5.75 Å². The van der Waals surface area contributed by atoms with Gasteiger partial charge in [-0.15, -0.1) is 0 Å². The van der Waals surface area contributed by atoms with Gasteiger partial charge in [0.05, 0.1) is 6.20 Å². The van der Waals surface area contributed by atoms with Crippen molar-refractivity contribution in [2.24, 2.45) is 0 Å².